The quantitative estimate of drug-likeness (QED) is 0.541. The number of rotatable bonds is 5. The van der Waals surface area contributed by atoms with Gasteiger partial charge in [0.25, 0.3) is 0 Å². The van der Waals surface area contributed by atoms with E-state index in [-0.39, 0.29) is 16.7 Å². The standard InChI is InChI=1S/C25H14O4/c1-3-16-7-5-9-18(11-16)23(26)20-13-21(15-22(14-20)25(28)29)24(27)19-10-6-8-17(4-2)12-19/h1-2,5-15H,(H,28,29). The fourth-order valence-corrected chi connectivity index (χ4v) is 2.85. The van der Waals surface area contributed by atoms with E-state index in [1.165, 1.54) is 30.3 Å². The topological polar surface area (TPSA) is 71.4 Å². The van der Waals surface area contributed by atoms with E-state index < -0.39 is 17.5 Å². The molecule has 0 amide bonds. The van der Waals surface area contributed by atoms with Crippen LogP contribution in [-0.4, -0.2) is 22.6 Å². The molecule has 0 heterocycles. The van der Waals surface area contributed by atoms with Crippen LogP contribution >= 0.6 is 0 Å². The van der Waals surface area contributed by atoms with Crippen molar-refractivity contribution in [1.82, 2.24) is 0 Å². The molecule has 1 N–H and O–H groups in total. The highest BCUT2D eigenvalue weighted by Gasteiger charge is 2.18. The molecule has 0 aromatic heterocycles. The van der Waals surface area contributed by atoms with E-state index in [0.29, 0.717) is 22.3 Å². The van der Waals surface area contributed by atoms with Gasteiger partial charge in [-0.05, 0) is 42.5 Å². The fraction of sp³-hybridized carbons (Fsp3) is 0. The molecule has 0 aliphatic rings. The second-order valence-corrected chi connectivity index (χ2v) is 6.21. The fourth-order valence-electron chi connectivity index (χ4n) is 2.85. The molecule has 3 rings (SSSR count). The number of carbonyl (C=O) groups is 3. The summed E-state index contributed by atoms with van der Waals surface area (Å²) in [7, 11) is 0. The van der Waals surface area contributed by atoms with Crippen molar-refractivity contribution in [1.29, 1.82) is 0 Å². The van der Waals surface area contributed by atoms with Crippen LogP contribution in [-0.2, 0) is 0 Å². The van der Waals surface area contributed by atoms with Crippen LogP contribution in [0.15, 0.2) is 66.7 Å². The molecule has 0 aliphatic heterocycles. The number of aromatic carboxylic acids is 1. The van der Waals surface area contributed by atoms with Gasteiger partial charge >= 0.3 is 5.97 Å². The van der Waals surface area contributed by atoms with Crippen LogP contribution in [0, 0.1) is 24.7 Å². The van der Waals surface area contributed by atoms with E-state index in [4.69, 9.17) is 12.8 Å². The smallest absolute Gasteiger partial charge is 0.335 e. The summed E-state index contributed by atoms with van der Waals surface area (Å²) in [6.07, 6.45) is 10.8. The Morgan fingerprint density at radius 1 is 0.621 bits per heavy atom. The van der Waals surface area contributed by atoms with Gasteiger partial charge in [-0.25, -0.2) is 4.79 Å². The zero-order valence-electron chi connectivity index (χ0n) is 15.2. The maximum absolute atomic E-state index is 12.9. The number of ketones is 2. The van der Waals surface area contributed by atoms with E-state index in [9.17, 15) is 19.5 Å². The summed E-state index contributed by atoms with van der Waals surface area (Å²) < 4.78 is 0. The molecule has 0 saturated heterocycles. The first-order valence-corrected chi connectivity index (χ1v) is 8.54. The molecule has 4 heteroatoms. The van der Waals surface area contributed by atoms with Crippen molar-refractivity contribution in [3.63, 3.8) is 0 Å². The summed E-state index contributed by atoms with van der Waals surface area (Å²) in [5, 5.41) is 9.43. The predicted molar refractivity (Wildman–Crippen MR) is 109 cm³/mol. The first kappa shape index (κ1) is 19.4. The minimum atomic E-state index is -1.25. The van der Waals surface area contributed by atoms with Crippen molar-refractivity contribution < 1.29 is 19.5 Å². The average Bonchev–Trinajstić information content (AvgIpc) is 2.77. The number of hydrogen-bond acceptors (Lipinski definition) is 3. The largest absolute Gasteiger partial charge is 0.478 e. The van der Waals surface area contributed by atoms with E-state index >= 15 is 0 Å². The van der Waals surface area contributed by atoms with Crippen LogP contribution in [0.2, 0.25) is 0 Å². The molecule has 3 aromatic carbocycles. The maximum Gasteiger partial charge on any atom is 0.335 e. The van der Waals surface area contributed by atoms with Gasteiger partial charge in [-0.2, -0.15) is 0 Å². The van der Waals surface area contributed by atoms with Gasteiger partial charge < -0.3 is 5.11 Å². The number of hydrogen-bond donors (Lipinski definition) is 1. The molecule has 4 nitrogen and oxygen atoms in total. The van der Waals surface area contributed by atoms with Gasteiger partial charge in [0, 0.05) is 33.4 Å². The first-order valence-electron chi connectivity index (χ1n) is 8.54. The van der Waals surface area contributed by atoms with Gasteiger partial charge in [0.15, 0.2) is 11.6 Å². The lowest BCUT2D eigenvalue weighted by atomic mass is 9.94. The van der Waals surface area contributed by atoms with Crippen molar-refractivity contribution in [3.05, 3.63) is 106 Å². The highest BCUT2D eigenvalue weighted by atomic mass is 16.4. The van der Waals surface area contributed by atoms with Crippen LogP contribution < -0.4 is 0 Å². The predicted octanol–water partition coefficient (Wildman–Crippen LogP) is 3.81. The molecular weight excluding hydrogens is 364 g/mol. The lowest BCUT2D eigenvalue weighted by molar-refractivity contribution is 0.0697. The first-order chi connectivity index (χ1) is 13.9. The summed E-state index contributed by atoms with van der Waals surface area (Å²) in [4.78, 5) is 37.4. The molecular formula is C25H14O4. The van der Waals surface area contributed by atoms with Crippen molar-refractivity contribution in [2.45, 2.75) is 0 Å². The minimum absolute atomic E-state index is 0.0792. The molecule has 29 heavy (non-hydrogen) atoms. The minimum Gasteiger partial charge on any atom is -0.478 e. The normalized spacial score (nSPS) is 9.86. The van der Waals surface area contributed by atoms with Gasteiger partial charge in [-0.3, -0.25) is 9.59 Å². The van der Waals surface area contributed by atoms with E-state index in [0.717, 1.165) is 0 Å². The van der Waals surface area contributed by atoms with Gasteiger partial charge in [-0.1, -0.05) is 36.1 Å². The van der Waals surface area contributed by atoms with Crippen LogP contribution in [0.1, 0.15) is 53.3 Å². The Bertz CT molecular complexity index is 1150. The second kappa shape index (κ2) is 8.08. The Balaban J connectivity index is 2.10. The van der Waals surface area contributed by atoms with Crippen LogP contribution in [0.5, 0.6) is 0 Å². The molecule has 0 unspecified atom stereocenters. The Hall–Kier alpha value is -4.41. The Labute approximate surface area is 167 Å². The third-order valence-electron chi connectivity index (χ3n) is 4.29. The molecule has 0 fully saturated rings. The van der Waals surface area contributed by atoms with Gasteiger partial charge in [0.05, 0.1) is 5.56 Å². The molecule has 0 spiro atoms. The lowest BCUT2D eigenvalue weighted by Gasteiger charge is -2.08. The molecule has 0 radical (unpaired) electrons. The van der Waals surface area contributed by atoms with Gasteiger partial charge in [-0.15, -0.1) is 12.8 Å². The van der Waals surface area contributed by atoms with E-state index in [2.05, 4.69) is 11.8 Å². The zero-order chi connectivity index (χ0) is 21.0. The summed E-state index contributed by atoms with van der Waals surface area (Å²) in [6.45, 7) is 0. The number of carboxylic acids is 1. The average molecular weight is 378 g/mol. The molecule has 3 aromatic rings. The van der Waals surface area contributed by atoms with E-state index in [1.54, 1.807) is 36.4 Å². The van der Waals surface area contributed by atoms with Gasteiger partial charge in [0.1, 0.15) is 0 Å². The third-order valence-corrected chi connectivity index (χ3v) is 4.29. The van der Waals surface area contributed by atoms with Crippen LogP contribution in [0.25, 0.3) is 0 Å². The second-order valence-electron chi connectivity index (χ2n) is 6.21. The van der Waals surface area contributed by atoms with Crippen molar-refractivity contribution >= 4 is 17.5 Å². The van der Waals surface area contributed by atoms with Crippen LogP contribution in [0.3, 0.4) is 0 Å². The maximum atomic E-state index is 12.9. The summed E-state index contributed by atoms with van der Waals surface area (Å²) in [6, 6.07) is 16.7. The third kappa shape index (κ3) is 4.13. The van der Waals surface area contributed by atoms with Crippen molar-refractivity contribution in [3.8, 4) is 24.7 Å². The zero-order valence-corrected chi connectivity index (χ0v) is 15.2. The Kier molecular flexibility index (Phi) is 5.39. The summed E-state index contributed by atoms with van der Waals surface area (Å²) in [5.74, 6) is 2.78. The lowest BCUT2D eigenvalue weighted by Crippen LogP contribution is -2.10. The molecule has 0 bridgehead atoms. The Morgan fingerprint density at radius 3 is 1.41 bits per heavy atom. The molecule has 0 atom stereocenters. The monoisotopic (exact) mass is 378 g/mol. The number of benzene rings is 3. The van der Waals surface area contributed by atoms with Crippen molar-refractivity contribution in [2.24, 2.45) is 0 Å². The highest BCUT2D eigenvalue weighted by Crippen LogP contribution is 2.19. The number of terminal acetylenes is 2. The number of carboxylic acid groups (broad SMARTS) is 1. The van der Waals surface area contributed by atoms with E-state index in [1.807, 2.05) is 0 Å². The molecule has 138 valence electrons. The number of carbonyl (C=O) groups excluding carboxylic acids is 2. The van der Waals surface area contributed by atoms with Gasteiger partial charge in [0.2, 0.25) is 0 Å². The molecule has 0 saturated carbocycles. The Morgan fingerprint density at radius 2 is 1.03 bits per heavy atom. The molecule has 0 aliphatic carbocycles. The van der Waals surface area contributed by atoms with Crippen LogP contribution in [0.4, 0.5) is 0 Å². The SMILES string of the molecule is C#Cc1cccc(C(=O)c2cc(C(=O)O)cc(C(=O)c3cccc(C#C)c3)c2)c1. The summed E-state index contributed by atoms with van der Waals surface area (Å²) in [5.41, 5.74) is 1.64. The van der Waals surface area contributed by atoms with Crippen molar-refractivity contribution in [2.75, 3.05) is 0 Å². The highest BCUT2D eigenvalue weighted by molar-refractivity contribution is 6.14. The summed E-state index contributed by atoms with van der Waals surface area (Å²) >= 11 is 0.